The van der Waals surface area contributed by atoms with E-state index in [1.54, 1.807) is 24.5 Å². The van der Waals surface area contributed by atoms with Crippen LogP contribution in [0.5, 0.6) is 0 Å². The van der Waals surface area contributed by atoms with Crippen molar-refractivity contribution < 1.29 is 9.13 Å². The molecule has 0 spiro atoms. The Morgan fingerprint density at radius 3 is 2.50 bits per heavy atom. The maximum atomic E-state index is 14.4. The highest BCUT2D eigenvalue weighted by molar-refractivity contribution is 5.69. The number of aryl methyl sites for hydroxylation is 1. The topological polar surface area (TPSA) is 63.2 Å². The fourth-order valence-electron chi connectivity index (χ4n) is 3.68. The van der Waals surface area contributed by atoms with Gasteiger partial charge in [-0.25, -0.2) is 9.97 Å². The van der Waals surface area contributed by atoms with Crippen LogP contribution in [0.15, 0.2) is 48.8 Å². The van der Waals surface area contributed by atoms with Crippen molar-refractivity contribution in [2.24, 2.45) is 0 Å². The summed E-state index contributed by atoms with van der Waals surface area (Å²) in [6.45, 7) is 7.61. The van der Waals surface area contributed by atoms with Crippen LogP contribution in [0, 0.1) is 5.95 Å². The molecule has 156 valence electrons. The van der Waals surface area contributed by atoms with Crippen molar-refractivity contribution in [3.8, 4) is 11.1 Å². The molecule has 30 heavy (non-hydrogen) atoms. The van der Waals surface area contributed by atoms with Gasteiger partial charge in [-0.05, 0) is 43.5 Å². The lowest BCUT2D eigenvalue weighted by atomic mass is 10.0. The van der Waals surface area contributed by atoms with Crippen molar-refractivity contribution >= 4 is 17.5 Å². The van der Waals surface area contributed by atoms with E-state index >= 15 is 0 Å². The molecule has 0 amide bonds. The molecule has 7 heteroatoms. The second-order valence-corrected chi connectivity index (χ2v) is 7.64. The number of rotatable bonds is 5. The number of nitrogens with one attached hydrogen (secondary N) is 1. The highest BCUT2D eigenvalue weighted by Crippen LogP contribution is 2.26. The summed E-state index contributed by atoms with van der Waals surface area (Å²) in [5.41, 5.74) is 3.36. The van der Waals surface area contributed by atoms with Gasteiger partial charge in [0.25, 0.3) is 0 Å². The van der Waals surface area contributed by atoms with Crippen LogP contribution in [0.2, 0.25) is 0 Å². The zero-order valence-electron chi connectivity index (χ0n) is 17.5. The van der Waals surface area contributed by atoms with Crippen LogP contribution >= 0.6 is 0 Å². The van der Waals surface area contributed by atoms with Gasteiger partial charge in [0, 0.05) is 31.0 Å². The van der Waals surface area contributed by atoms with Crippen molar-refractivity contribution in [2.75, 3.05) is 23.3 Å². The third kappa shape index (κ3) is 4.57. The molecule has 1 N–H and O–H groups in total. The number of halogens is 1. The Balaban J connectivity index is 1.56. The summed E-state index contributed by atoms with van der Waals surface area (Å²) >= 11 is 0. The van der Waals surface area contributed by atoms with Gasteiger partial charge in [-0.15, -0.1) is 0 Å². The molecule has 1 fully saturated rings. The molecule has 1 aromatic carbocycles. The summed E-state index contributed by atoms with van der Waals surface area (Å²) in [6, 6.07) is 11.7. The Labute approximate surface area is 176 Å². The van der Waals surface area contributed by atoms with E-state index in [0.29, 0.717) is 24.9 Å². The highest BCUT2D eigenvalue weighted by Gasteiger charge is 2.24. The smallest absolute Gasteiger partial charge is 0.236 e. The molecule has 2 aromatic heterocycles. The van der Waals surface area contributed by atoms with Crippen molar-refractivity contribution in [3.05, 3.63) is 60.3 Å². The molecule has 4 rings (SSSR count). The maximum Gasteiger partial charge on any atom is 0.236 e. The van der Waals surface area contributed by atoms with E-state index in [2.05, 4.69) is 44.2 Å². The lowest BCUT2D eigenvalue weighted by Gasteiger charge is -2.35. The van der Waals surface area contributed by atoms with Gasteiger partial charge >= 0.3 is 0 Å². The number of ether oxygens (including phenoxy) is 1. The first-order valence-electron chi connectivity index (χ1n) is 10.3. The molecular weight excluding hydrogens is 381 g/mol. The number of pyridine rings is 1. The fraction of sp³-hybridized carbons (Fsp3) is 0.348. The van der Waals surface area contributed by atoms with E-state index in [4.69, 9.17) is 4.74 Å². The molecule has 1 aliphatic rings. The summed E-state index contributed by atoms with van der Waals surface area (Å²) in [7, 11) is 0. The predicted octanol–water partition coefficient (Wildman–Crippen LogP) is 4.60. The minimum Gasteiger partial charge on any atom is -0.372 e. The predicted molar refractivity (Wildman–Crippen MR) is 117 cm³/mol. The molecule has 6 nitrogen and oxygen atoms in total. The Kier molecular flexibility index (Phi) is 5.90. The van der Waals surface area contributed by atoms with E-state index in [1.165, 1.54) is 5.56 Å². The van der Waals surface area contributed by atoms with Crippen LogP contribution in [0.1, 0.15) is 26.3 Å². The zero-order valence-corrected chi connectivity index (χ0v) is 17.5. The minimum absolute atomic E-state index is 0.103. The third-order valence-corrected chi connectivity index (χ3v) is 5.14. The van der Waals surface area contributed by atoms with E-state index in [9.17, 15) is 4.39 Å². The first-order chi connectivity index (χ1) is 14.5. The number of benzene rings is 1. The summed E-state index contributed by atoms with van der Waals surface area (Å²) in [5, 5.41) is 3.06. The minimum atomic E-state index is -0.572. The van der Waals surface area contributed by atoms with Crippen LogP contribution in [-0.4, -0.2) is 40.2 Å². The quantitative estimate of drug-likeness (QED) is 0.624. The number of aromatic nitrogens is 3. The Morgan fingerprint density at radius 1 is 1.07 bits per heavy atom. The number of hydrogen-bond acceptors (Lipinski definition) is 6. The van der Waals surface area contributed by atoms with Crippen LogP contribution in [0.3, 0.4) is 0 Å². The summed E-state index contributed by atoms with van der Waals surface area (Å²) in [5.74, 6) is 0.547. The van der Waals surface area contributed by atoms with E-state index < -0.39 is 5.95 Å². The number of nitrogens with zero attached hydrogens (tertiary/aromatic N) is 4. The number of morpholine rings is 1. The molecule has 0 saturated carbocycles. The van der Waals surface area contributed by atoms with Gasteiger partial charge in [0.2, 0.25) is 11.9 Å². The van der Waals surface area contributed by atoms with E-state index in [0.717, 1.165) is 17.5 Å². The van der Waals surface area contributed by atoms with Crippen molar-refractivity contribution in [1.82, 2.24) is 15.0 Å². The van der Waals surface area contributed by atoms with Gasteiger partial charge in [0.15, 0.2) is 0 Å². The first kappa shape index (κ1) is 20.2. The first-order valence-corrected chi connectivity index (χ1v) is 10.3. The lowest BCUT2D eigenvalue weighted by Crippen LogP contribution is -2.46. The SMILES string of the molecule is CCc1ccc(-c2cnc(F)c(Nc3ccnc(N4C[C@@H](C)O[C@@H](C)C4)n3)c2)cc1. The van der Waals surface area contributed by atoms with Gasteiger partial charge in [0.1, 0.15) is 5.82 Å². The lowest BCUT2D eigenvalue weighted by molar-refractivity contribution is -0.00571. The Hall–Kier alpha value is -3.06. The molecule has 0 unspecified atom stereocenters. The van der Waals surface area contributed by atoms with Gasteiger partial charge < -0.3 is 15.0 Å². The fourth-order valence-corrected chi connectivity index (χ4v) is 3.68. The molecule has 3 heterocycles. The average Bonchev–Trinajstić information content (AvgIpc) is 2.75. The maximum absolute atomic E-state index is 14.4. The standard InChI is InChI=1S/C23H26FN5O/c1-4-17-5-7-18(8-6-17)19-11-20(22(24)26-12-19)27-21-9-10-25-23(28-21)29-13-15(2)30-16(3)14-29/h5-12,15-16H,4,13-14H2,1-3H3,(H,25,27,28)/t15-,16+. The zero-order chi connectivity index (χ0) is 21.1. The number of hydrogen-bond donors (Lipinski definition) is 1. The molecule has 0 aliphatic carbocycles. The highest BCUT2D eigenvalue weighted by atomic mass is 19.1. The molecule has 1 aliphatic heterocycles. The molecule has 0 bridgehead atoms. The van der Waals surface area contributed by atoms with Crippen LogP contribution in [0.4, 0.5) is 21.8 Å². The third-order valence-electron chi connectivity index (χ3n) is 5.14. The normalized spacial score (nSPS) is 19.0. The van der Waals surface area contributed by atoms with Gasteiger partial charge in [0.05, 0.1) is 17.9 Å². The summed E-state index contributed by atoms with van der Waals surface area (Å²) in [6.07, 6.45) is 4.40. The Bertz CT molecular complexity index is 1000. The second-order valence-electron chi connectivity index (χ2n) is 7.64. The van der Waals surface area contributed by atoms with Gasteiger partial charge in [-0.3, -0.25) is 0 Å². The molecule has 1 saturated heterocycles. The van der Waals surface area contributed by atoms with Crippen molar-refractivity contribution in [2.45, 2.75) is 39.4 Å². The van der Waals surface area contributed by atoms with E-state index in [1.807, 2.05) is 26.0 Å². The van der Waals surface area contributed by atoms with Crippen LogP contribution in [0.25, 0.3) is 11.1 Å². The average molecular weight is 407 g/mol. The van der Waals surface area contributed by atoms with E-state index in [-0.39, 0.29) is 17.9 Å². The molecule has 0 radical (unpaired) electrons. The van der Waals surface area contributed by atoms with Crippen molar-refractivity contribution in [1.29, 1.82) is 0 Å². The molecular formula is C23H26FN5O. The molecule has 3 aromatic rings. The van der Waals surface area contributed by atoms with Crippen LogP contribution in [-0.2, 0) is 11.2 Å². The Morgan fingerprint density at radius 2 is 1.80 bits per heavy atom. The molecule has 2 atom stereocenters. The monoisotopic (exact) mass is 407 g/mol. The van der Waals surface area contributed by atoms with Crippen LogP contribution < -0.4 is 10.2 Å². The van der Waals surface area contributed by atoms with Gasteiger partial charge in [-0.2, -0.15) is 9.37 Å². The van der Waals surface area contributed by atoms with Crippen molar-refractivity contribution in [3.63, 3.8) is 0 Å². The largest absolute Gasteiger partial charge is 0.372 e. The second kappa shape index (κ2) is 8.75. The summed E-state index contributed by atoms with van der Waals surface area (Å²) < 4.78 is 20.2. The summed E-state index contributed by atoms with van der Waals surface area (Å²) in [4.78, 5) is 15.0. The van der Waals surface area contributed by atoms with Gasteiger partial charge in [-0.1, -0.05) is 31.2 Å². The number of anilines is 3.